The minimum Gasteiger partial charge on any atom is -0.423 e. The Kier molecular flexibility index (Phi) is 11.5. The van der Waals surface area contributed by atoms with Crippen molar-refractivity contribution in [3.63, 3.8) is 0 Å². The van der Waals surface area contributed by atoms with E-state index in [0.29, 0.717) is 16.6 Å². The molecule has 0 spiro atoms. The van der Waals surface area contributed by atoms with Gasteiger partial charge in [-0.15, -0.1) is 0 Å². The zero-order chi connectivity index (χ0) is 36.3. The van der Waals surface area contributed by atoms with Gasteiger partial charge < -0.3 is 20.7 Å². The Morgan fingerprint density at radius 3 is 1.63 bits per heavy atom. The molecule has 6 N–H and O–H groups in total. The Labute approximate surface area is 306 Å². The van der Waals surface area contributed by atoms with Crippen LogP contribution in [0.3, 0.4) is 0 Å². The van der Waals surface area contributed by atoms with Gasteiger partial charge in [-0.1, -0.05) is 64.5 Å². The lowest BCUT2D eigenvalue weighted by molar-refractivity contribution is 0.102. The second-order valence-corrected chi connectivity index (χ2v) is 12.1. The van der Waals surface area contributed by atoms with Crippen molar-refractivity contribution in [2.24, 2.45) is 0 Å². The van der Waals surface area contributed by atoms with Gasteiger partial charge in [0.1, 0.15) is 0 Å². The first-order chi connectivity index (χ1) is 25.4. The molecular weight excluding hydrogens is 723 g/mol. The van der Waals surface area contributed by atoms with Gasteiger partial charge in [-0.2, -0.15) is 10.2 Å². The van der Waals surface area contributed by atoms with Crippen LogP contribution in [0, 0.1) is 0 Å². The van der Waals surface area contributed by atoms with Crippen LogP contribution in [0.4, 0.5) is 11.4 Å². The van der Waals surface area contributed by atoms with Gasteiger partial charge in [-0.3, -0.25) is 29.8 Å². The van der Waals surface area contributed by atoms with Crippen LogP contribution in [0.1, 0.15) is 20.7 Å². The number of amides is 2. The first-order valence-electron chi connectivity index (χ1n) is 15.8. The minimum atomic E-state index is -1.40. The second kappa shape index (κ2) is 17.0. The van der Waals surface area contributed by atoms with Crippen LogP contribution in [-0.4, -0.2) is 59.3 Å². The van der Waals surface area contributed by atoms with Gasteiger partial charge in [0.15, 0.2) is 0 Å². The third-order valence-corrected chi connectivity index (χ3v) is 8.05. The predicted molar refractivity (Wildman–Crippen MR) is 206 cm³/mol. The van der Waals surface area contributed by atoms with Gasteiger partial charge >= 0.3 is 7.12 Å². The highest BCUT2D eigenvalue weighted by Crippen LogP contribution is 2.27. The molecule has 0 atom stereocenters. The van der Waals surface area contributed by atoms with E-state index in [1.807, 2.05) is 91.0 Å². The topological polar surface area (TPSA) is 182 Å². The van der Waals surface area contributed by atoms with Crippen LogP contribution in [0.15, 0.2) is 151 Å². The second-order valence-electron chi connectivity index (χ2n) is 11.2. The number of rotatable bonds is 6. The van der Waals surface area contributed by atoms with E-state index >= 15 is 0 Å². The number of pyridine rings is 2. The summed E-state index contributed by atoms with van der Waals surface area (Å²) in [7, 11) is -1.40. The molecule has 256 valence electrons. The number of fused-ring (bicyclic) bond motifs is 2. The van der Waals surface area contributed by atoms with E-state index in [9.17, 15) is 9.59 Å². The summed E-state index contributed by atoms with van der Waals surface area (Å²) in [4.78, 5) is 32.9. The molecule has 4 heterocycles. The number of hydrogen-bond acceptors (Lipinski definition) is 8. The van der Waals surface area contributed by atoms with Crippen LogP contribution in [-0.2, 0) is 0 Å². The number of anilines is 2. The highest BCUT2D eigenvalue weighted by atomic mass is 79.9. The fraction of sp³-hybridized carbons (Fsp3) is 0. The summed E-state index contributed by atoms with van der Waals surface area (Å²) < 4.78 is 0.847. The Morgan fingerprint density at radius 2 is 1.13 bits per heavy atom. The van der Waals surface area contributed by atoms with Crippen molar-refractivity contribution in [3.05, 3.63) is 162 Å². The average Bonchev–Trinajstić information content (AvgIpc) is 3.86. The number of halogens is 1. The number of aromatic amines is 2. The normalized spacial score (nSPS) is 10.4. The predicted octanol–water partition coefficient (Wildman–Crippen LogP) is 6.22. The van der Waals surface area contributed by atoms with Crippen molar-refractivity contribution in [1.82, 2.24) is 30.4 Å². The van der Waals surface area contributed by atoms with Gasteiger partial charge in [-0.25, -0.2) is 0 Å². The maximum atomic E-state index is 12.7. The van der Waals surface area contributed by atoms with Gasteiger partial charge in [0.2, 0.25) is 0 Å². The first kappa shape index (κ1) is 35.4. The summed E-state index contributed by atoms with van der Waals surface area (Å²) in [5.41, 5.74) is 6.37. The minimum absolute atomic E-state index is 0.165. The summed E-state index contributed by atoms with van der Waals surface area (Å²) in [5.74, 6) is -0.344. The number of para-hydroxylation sites is 2. The summed E-state index contributed by atoms with van der Waals surface area (Å²) in [6.07, 6.45) is 9.90. The highest BCUT2D eigenvalue weighted by Gasteiger charge is 2.15. The Hall–Kier alpha value is -6.48. The lowest BCUT2D eigenvalue weighted by atomic mass is 9.82. The van der Waals surface area contributed by atoms with Crippen LogP contribution in [0.5, 0.6) is 0 Å². The third-order valence-electron chi connectivity index (χ3n) is 7.59. The molecule has 0 bridgehead atoms. The van der Waals surface area contributed by atoms with E-state index in [1.54, 1.807) is 49.2 Å². The smallest absolute Gasteiger partial charge is 0.423 e. The van der Waals surface area contributed by atoms with Gasteiger partial charge in [-0.05, 0) is 66.2 Å². The van der Waals surface area contributed by atoms with E-state index in [1.165, 1.54) is 6.20 Å². The zero-order valence-electron chi connectivity index (χ0n) is 27.3. The van der Waals surface area contributed by atoms with Crippen LogP contribution >= 0.6 is 15.9 Å². The van der Waals surface area contributed by atoms with Gasteiger partial charge in [0, 0.05) is 62.4 Å². The molecule has 2 amide bonds. The van der Waals surface area contributed by atoms with Crippen molar-refractivity contribution < 1.29 is 19.6 Å². The van der Waals surface area contributed by atoms with Crippen molar-refractivity contribution >= 4 is 73.5 Å². The molecule has 0 aliphatic rings. The number of aromatic nitrogens is 6. The fourth-order valence-electron chi connectivity index (χ4n) is 5.11. The van der Waals surface area contributed by atoms with Crippen LogP contribution in [0.25, 0.3) is 32.9 Å². The number of benzene rings is 4. The molecule has 0 aliphatic heterocycles. The number of nitrogens with zero attached hydrogens (tertiary/aromatic N) is 4. The molecular formula is C38H30BBrN8O4. The highest BCUT2D eigenvalue weighted by molar-refractivity contribution is 9.10. The Morgan fingerprint density at radius 1 is 0.596 bits per heavy atom. The third kappa shape index (κ3) is 9.00. The van der Waals surface area contributed by atoms with Crippen molar-refractivity contribution in [2.45, 2.75) is 0 Å². The van der Waals surface area contributed by atoms with Crippen molar-refractivity contribution in [3.8, 4) is 11.1 Å². The number of carbonyl (C=O) groups excluding carboxylic acids is 2. The van der Waals surface area contributed by atoms with Crippen molar-refractivity contribution in [1.29, 1.82) is 0 Å². The molecule has 0 unspecified atom stereocenters. The van der Waals surface area contributed by atoms with Crippen LogP contribution in [0.2, 0.25) is 0 Å². The molecule has 0 saturated carbocycles. The summed E-state index contributed by atoms with van der Waals surface area (Å²) in [6.45, 7) is 0. The van der Waals surface area contributed by atoms with E-state index in [-0.39, 0.29) is 11.8 Å². The Balaban J connectivity index is 0.000000147. The largest absolute Gasteiger partial charge is 0.490 e. The molecule has 0 fully saturated rings. The quantitative estimate of drug-likeness (QED) is 0.108. The summed E-state index contributed by atoms with van der Waals surface area (Å²) in [6, 6.07) is 33.4. The molecule has 52 heavy (non-hydrogen) atoms. The number of H-pyrrole nitrogens is 2. The molecule has 0 aliphatic carbocycles. The maximum absolute atomic E-state index is 12.7. The average molecular weight is 753 g/mol. The molecule has 14 heteroatoms. The SMILES string of the molecule is O=C(Nc1ccccc1)c1cc(-c2cccnc2)cc2cn[nH]c12.O=C(Nc1ccccc1)c1cc(Br)cc2cn[nH]c12.OB(O)c1cccnc1. The number of hydrogen-bond donors (Lipinski definition) is 6. The number of carbonyl (C=O) groups is 2. The van der Waals surface area contributed by atoms with Crippen molar-refractivity contribution in [2.75, 3.05) is 10.6 Å². The molecule has 0 radical (unpaired) electrons. The standard InChI is InChI=1S/C19H14N4O.C14H10BrN3O.C5H6BNO2/c24-19(22-16-6-2-1-3-7-16)17-10-14(13-5-4-8-20-11-13)9-15-12-21-23-18(15)17;15-10-6-9-8-16-18-13(9)12(7-10)14(19)17-11-4-2-1-3-5-11;8-6(9)5-2-1-3-7-4-5/h1-12H,(H,21,23)(H,22,24);1-8H,(H,16,18)(H,17,19);1-4,8-9H. The molecule has 8 aromatic rings. The van der Waals surface area contributed by atoms with Gasteiger partial charge in [0.25, 0.3) is 11.8 Å². The zero-order valence-corrected chi connectivity index (χ0v) is 28.9. The molecule has 4 aromatic carbocycles. The van der Waals surface area contributed by atoms with E-state index in [4.69, 9.17) is 10.0 Å². The lowest BCUT2D eigenvalue weighted by Gasteiger charge is -2.09. The van der Waals surface area contributed by atoms with E-state index in [0.717, 1.165) is 48.8 Å². The number of nitrogens with one attached hydrogen (secondary N) is 4. The summed E-state index contributed by atoms with van der Waals surface area (Å²) >= 11 is 3.40. The van der Waals surface area contributed by atoms with Crippen LogP contribution < -0.4 is 16.1 Å². The Bertz CT molecular complexity index is 2390. The monoisotopic (exact) mass is 752 g/mol. The fourth-order valence-corrected chi connectivity index (χ4v) is 5.58. The molecule has 12 nitrogen and oxygen atoms in total. The first-order valence-corrected chi connectivity index (χ1v) is 16.6. The molecule has 4 aromatic heterocycles. The van der Waals surface area contributed by atoms with E-state index in [2.05, 4.69) is 56.9 Å². The molecule has 8 rings (SSSR count). The lowest BCUT2D eigenvalue weighted by Crippen LogP contribution is -2.29. The molecule has 0 saturated heterocycles. The van der Waals surface area contributed by atoms with E-state index < -0.39 is 7.12 Å². The maximum Gasteiger partial charge on any atom is 0.490 e. The summed E-state index contributed by atoms with van der Waals surface area (Å²) in [5, 5.41) is 38.4. The van der Waals surface area contributed by atoms with Gasteiger partial charge in [0.05, 0.1) is 34.6 Å².